The molecule has 2 N–H and O–H groups in total. The topological polar surface area (TPSA) is 75.3 Å². The van der Waals surface area contributed by atoms with Gasteiger partial charge in [-0.2, -0.15) is 0 Å². The number of nitrogens with one attached hydrogen (secondary N) is 2. The summed E-state index contributed by atoms with van der Waals surface area (Å²) in [6.07, 6.45) is 0. The summed E-state index contributed by atoms with van der Waals surface area (Å²) >= 11 is 1.20. The highest BCUT2D eigenvalue weighted by Gasteiger charge is 2.16. The minimum atomic E-state index is -3.58. The lowest BCUT2D eigenvalue weighted by molar-refractivity contribution is 0.103. The minimum Gasteiger partial charge on any atom is -0.321 e. The molecule has 3 aromatic rings. The van der Waals surface area contributed by atoms with Crippen LogP contribution in [0.2, 0.25) is 0 Å². The third kappa shape index (κ3) is 3.92. The minimum absolute atomic E-state index is 0.119. The van der Waals surface area contributed by atoms with Gasteiger partial charge in [0.05, 0.1) is 9.77 Å². The molecule has 0 spiro atoms. The summed E-state index contributed by atoms with van der Waals surface area (Å²) in [7, 11) is -3.58. The van der Waals surface area contributed by atoms with Crippen LogP contribution in [0, 0.1) is 5.82 Å². The van der Waals surface area contributed by atoms with E-state index in [-0.39, 0.29) is 22.7 Å². The van der Waals surface area contributed by atoms with E-state index in [1.165, 1.54) is 47.7 Å². The molecule has 0 aliphatic rings. The van der Waals surface area contributed by atoms with E-state index < -0.39 is 10.0 Å². The number of hydrogen-bond donors (Lipinski definition) is 2. The average molecular weight is 392 g/mol. The standard InChI is InChI=1S/C18H17FN2O3S2/c1-11(2)21-26(23,24)13-8-6-12(7-9-13)20-18(22)17-10-14-15(19)4-3-5-16(14)25-17/h3-11,21H,1-2H3,(H,20,22). The first kappa shape index (κ1) is 18.5. The van der Waals surface area contributed by atoms with E-state index in [4.69, 9.17) is 0 Å². The zero-order valence-corrected chi connectivity index (χ0v) is 15.7. The van der Waals surface area contributed by atoms with E-state index in [9.17, 15) is 17.6 Å². The summed E-state index contributed by atoms with van der Waals surface area (Å²) in [6.45, 7) is 3.47. The number of carbonyl (C=O) groups excluding carboxylic acids is 1. The van der Waals surface area contributed by atoms with Crippen LogP contribution < -0.4 is 10.0 Å². The van der Waals surface area contributed by atoms with Crippen molar-refractivity contribution in [1.29, 1.82) is 0 Å². The van der Waals surface area contributed by atoms with Gasteiger partial charge in [-0.05, 0) is 56.3 Å². The van der Waals surface area contributed by atoms with E-state index in [1.54, 1.807) is 26.0 Å². The largest absolute Gasteiger partial charge is 0.321 e. The van der Waals surface area contributed by atoms with Crippen molar-refractivity contribution in [2.45, 2.75) is 24.8 Å². The first-order chi connectivity index (χ1) is 12.3. The first-order valence-corrected chi connectivity index (χ1v) is 10.2. The van der Waals surface area contributed by atoms with Crippen LogP contribution in [-0.2, 0) is 10.0 Å². The fourth-order valence-corrected chi connectivity index (χ4v) is 4.65. The molecular weight excluding hydrogens is 375 g/mol. The lowest BCUT2D eigenvalue weighted by atomic mass is 10.2. The Morgan fingerprint density at radius 2 is 1.81 bits per heavy atom. The Morgan fingerprint density at radius 3 is 2.42 bits per heavy atom. The van der Waals surface area contributed by atoms with Crippen LogP contribution in [0.15, 0.2) is 53.4 Å². The molecule has 1 heterocycles. The second-order valence-electron chi connectivity index (χ2n) is 6.02. The summed E-state index contributed by atoms with van der Waals surface area (Å²) < 4.78 is 41.1. The highest BCUT2D eigenvalue weighted by Crippen LogP contribution is 2.28. The number of carbonyl (C=O) groups is 1. The number of benzene rings is 2. The average Bonchev–Trinajstić information content (AvgIpc) is 3.00. The molecule has 0 saturated heterocycles. The molecule has 0 atom stereocenters. The van der Waals surface area contributed by atoms with Crippen molar-refractivity contribution in [2.75, 3.05) is 5.32 Å². The maximum absolute atomic E-state index is 13.7. The molecule has 5 nitrogen and oxygen atoms in total. The summed E-state index contributed by atoms with van der Waals surface area (Å²) in [4.78, 5) is 12.9. The van der Waals surface area contributed by atoms with E-state index in [0.29, 0.717) is 20.7 Å². The molecule has 1 amide bonds. The maximum Gasteiger partial charge on any atom is 0.265 e. The van der Waals surface area contributed by atoms with Crippen molar-refractivity contribution in [2.24, 2.45) is 0 Å². The second kappa shape index (κ2) is 7.14. The second-order valence-corrected chi connectivity index (χ2v) is 8.81. The fourth-order valence-electron chi connectivity index (χ4n) is 2.43. The molecule has 0 aliphatic carbocycles. The third-order valence-corrected chi connectivity index (χ3v) is 6.32. The Hall–Kier alpha value is -2.29. The van der Waals surface area contributed by atoms with Gasteiger partial charge in [0.25, 0.3) is 5.91 Å². The van der Waals surface area contributed by atoms with Crippen LogP contribution in [0.1, 0.15) is 23.5 Å². The molecule has 0 saturated carbocycles. The molecule has 136 valence electrons. The van der Waals surface area contributed by atoms with Crippen molar-refractivity contribution in [3.63, 3.8) is 0 Å². The fraction of sp³-hybridized carbons (Fsp3) is 0.167. The molecule has 0 radical (unpaired) electrons. The van der Waals surface area contributed by atoms with Crippen molar-refractivity contribution >= 4 is 43.0 Å². The first-order valence-electron chi connectivity index (χ1n) is 7.88. The molecular formula is C18H17FN2O3S2. The number of amides is 1. The lowest BCUT2D eigenvalue weighted by Gasteiger charge is -2.10. The van der Waals surface area contributed by atoms with Gasteiger partial charge in [-0.1, -0.05) is 6.07 Å². The summed E-state index contributed by atoms with van der Waals surface area (Å²) in [5.41, 5.74) is 0.455. The predicted octanol–water partition coefficient (Wildman–Crippen LogP) is 3.98. The van der Waals surface area contributed by atoms with Gasteiger partial charge in [-0.15, -0.1) is 11.3 Å². The van der Waals surface area contributed by atoms with Gasteiger partial charge in [0.1, 0.15) is 5.82 Å². The van der Waals surface area contributed by atoms with Crippen molar-refractivity contribution in [1.82, 2.24) is 4.72 Å². The van der Waals surface area contributed by atoms with Crippen molar-refractivity contribution < 1.29 is 17.6 Å². The predicted molar refractivity (Wildman–Crippen MR) is 102 cm³/mol. The van der Waals surface area contributed by atoms with E-state index in [1.807, 2.05) is 0 Å². The Kier molecular flexibility index (Phi) is 5.08. The van der Waals surface area contributed by atoms with Gasteiger partial charge in [0, 0.05) is 21.8 Å². The van der Waals surface area contributed by atoms with E-state index >= 15 is 0 Å². The molecule has 26 heavy (non-hydrogen) atoms. The molecule has 3 rings (SSSR count). The molecule has 0 unspecified atom stereocenters. The van der Waals surface area contributed by atoms with Crippen LogP contribution in [-0.4, -0.2) is 20.4 Å². The normalized spacial score (nSPS) is 11.8. The number of halogens is 1. The zero-order chi connectivity index (χ0) is 18.9. The molecule has 8 heteroatoms. The Morgan fingerprint density at radius 1 is 1.12 bits per heavy atom. The monoisotopic (exact) mass is 392 g/mol. The maximum atomic E-state index is 13.7. The number of anilines is 1. The summed E-state index contributed by atoms with van der Waals surface area (Å²) in [6, 6.07) is 11.9. The van der Waals surface area contributed by atoms with Gasteiger partial charge >= 0.3 is 0 Å². The van der Waals surface area contributed by atoms with E-state index in [2.05, 4.69) is 10.0 Å². The smallest absolute Gasteiger partial charge is 0.265 e. The van der Waals surface area contributed by atoms with Gasteiger partial charge in [0.15, 0.2) is 0 Å². The number of hydrogen-bond acceptors (Lipinski definition) is 4. The van der Waals surface area contributed by atoms with Crippen molar-refractivity contribution in [3.8, 4) is 0 Å². The summed E-state index contributed by atoms with van der Waals surface area (Å²) in [5.74, 6) is -0.744. The molecule has 0 aliphatic heterocycles. The zero-order valence-electron chi connectivity index (χ0n) is 14.1. The van der Waals surface area contributed by atoms with Crippen LogP contribution in [0.5, 0.6) is 0 Å². The third-order valence-electron chi connectivity index (χ3n) is 3.55. The van der Waals surface area contributed by atoms with Gasteiger partial charge in [0.2, 0.25) is 10.0 Å². The summed E-state index contributed by atoms with van der Waals surface area (Å²) in [5, 5.41) is 3.10. The Balaban J connectivity index is 1.78. The van der Waals surface area contributed by atoms with Gasteiger partial charge in [-0.25, -0.2) is 17.5 Å². The Labute approximate surface area is 154 Å². The highest BCUT2D eigenvalue weighted by molar-refractivity contribution is 7.89. The van der Waals surface area contributed by atoms with Crippen molar-refractivity contribution in [3.05, 3.63) is 59.2 Å². The molecule has 0 bridgehead atoms. The van der Waals surface area contributed by atoms with Crippen LogP contribution >= 0.6 is 11.3 Å². The number of fused-ring (bicyclic) bond motifs is 1. The molecule has 0 fully saturated rings. The SMILES string of the molecule is CC(C)NS(=O)(=O)c1ccc(NC(=O)c2cc3c(F)cccc3s2)cc1. The number of thiophene rings is 1. The Bertz CT molecular complexity index is 1060. The van der Waals surface area contributed by atoms with Crippen LogP contribution in [0.4, 0.5) is 10.1 Å². The number of sulfonamides is 1. The van der Waals surface area contributed by atoms with E-state index in [0.717, 1.165) is 0 Å². The lowest BCUT2D eigenvalue weighted by Crippen LogP contribution is -2.30. The van der Waals surface area contributed by atoms with Crippen LogP contribution in [0.25, 0.3) is 10.1 Å². The highest BCUT2D eigenvalue weighted by atomic mass is 32.2. The number of rotatable bonds is 5. The quantitative estimate of drug-likeness (QED) is 0.690. The molecule has 1 aromatic heterocycles. The van der Waals surface area contributed by atoms with Gasteiger partial charge in [-0.3, -0.25) is 4.79 Å². The molecule has 2 aromatic carbocycles. The van der Waals surface area contributed by atoms with Gasteiger partial charge < -0.3 is 5.32 Å². The van der Waals surface area contributed by atoms with Crippen LogP contribution in [0.3, 0.4) is 0 Å².